The van der Waals surface area contributed by atoms with Gasteiger partial charge < -0.3 is 9.47 Å². The standard InChI is InChI=1S/C19H28BrN3O4/c1-12-9-8-10-13(14(12)20)11-21-15(22-16(24)26-18(2,3)4)23-17(25)27-19(5,6)7/h8-10H,11H2,1-7H3,(H2,21,22,23,24,25). The number of rotatable bonds is 2. The molecule has 2 N–H and O–H groups in total. The molecule has 0 heterocycles. The van der Waals surface area contributed by atoms with Crippen molar-refractivity contribution >= 4 is 34.1 Å². The number of nitrogens with zero attached hydrogens (tertiary/aromatic N) is 1. The molecule has 0 fully saturated rings. The van der Waals surface area contributed by atoms with E-state index in [4.69, 9.17) is 9.47 Å². The molecule has 0 spiro atoms. The first-order valence-corrected chi connectivity index (χ1v) is 9.34. The highest BCUT2D eigenvalue weighted by Crippen LogP contribution is 2.21. The van der Waals surface area contributed by atoms with Crippen LogP contribution in [0.4, 0.5) is 9.59 Å². The lowest BCUT2D eigenvalue weighted by Gasteiger charge is -2.22. The molecule has 0 saturated heterocycles. The summed E-state index contributed by atoms with van der Waals surface area (Å²) in [7, 11) is 0. The number of carbonyl (C=O) groups is 2. The largest absolute Gasteiger partial charge is 0.444 e. The number of benzene rings is 1. The second kappa shape index (κ2) is 9.21. The lowest BCUT2D eigenvalue weighted by molar-refractivity contribution is 0.0545. The van der Waals surface area contributed by atoms with Gasteiger partial charge in [0.1, 0.15) is 11.2 Å². The maximum Gasteiger partial charge on any atom is 0.414 e. The molecule has 7 nitrogen and oxygen atoms in total. The Morgan fingerprint density at radius 3 is 1.93 bits per heavy atom. The van der Waals surface area contributed by atoms with E-state index in [1.54, 1.807) is 41.5 Å². The van der Waals surface area contributed by atoms with Gasteiger partial charge in [-0.15, -0.1) is 0 Å². The summed E-state index contributed by atoms with van der Waals surface area (Å²) in [6.45, 7) is 12.7. The van der Waals surface area contributed by atoms with Crippen LogP contribution in [0, 0.1) is 6.92 Å². The molecule has 27 heavy (non-hydrogen) atoms. The van der Waals surface area contributed by atoms with Gasteiger partial charge in [-0.05, 0) is 59.6 Å². The zero-order valence-electron chi connectivity index (χ0n) is 16.9. The summed E-state index contributed by atoms with van der Waals surface area (Å²) in [4.78, 5) is 28.4. The van der Waals surface area contributed by atoms with Crippen LogP contribution >= 0.6 is 15.9 Å². The molecule has 0 unspecified atom stereocenters. The molecule has 0 atom stereocenters. The fraction of sp³-hybridized carbons (Fsp3) is 0.526. The summed E-state index contributed by atoms with van der Waals surface area (Å²) in [6.07, 6.45) is -1.44. The molecule has 0 saturated carbocycles. The quantitative estimate of drug-likeness (QED) is 0.515. The molecular weight excluding hydrogens is 414 g/mol. The van der Waals surface area contributed by atoms with Gasteiger partial charge >= 0.3 is 12.2 Å². The van der Waals surface area contributed by atoms with Gasteiger partial charge in [0.2, 0.25) is 5.96 Å². The molecule has 0 aliphatic carbocycles. The number of alkyl carbamates (subject to hydrolysis) is 2. The van der Waals surface area contributed by atoms with Crippen LogP contribution in [0.15, 0.2) is 27.7 Å². The highest BCUT2D eigenvalue weighted by Gasteiger charge is 2.21. The van der Waals surface area contributed by atoms with Crippen molar-refractivity contribution < 1.29 is 19.1 Å². The van der Waals surface area contributed by atoms with Crippen LogP contribution in [0.3, 0.4) is 0 Å². The maximum absolute atomic E-state index is 12.1. The third-order valence-electron chi connectivity index (χ3n) is 2.92. The highest BCUT2D eigenvalue weighted by atomic mass is 79.9. The van der Waals surface area contributed by atoms with Crippen LogP contribution in [0.1, 0.15) is 52.7 Å². The number of carbonyl (C=O) groups excluding carboxylic acids is 2. The van der Waals surface area contributed by atoms with Crippen molar-refractivity contribution in [3.8, 4) is 0 Å². The Morgan fingerprint density at radius 2 is 1.48 bits per heavy atom. The fourth-order valence-electron chi connectivity index (χ4n) is 1.91. The first-order chi connectivity index (χ1) is 12.3. The Balaban J connectivity index is 2.96. The third-order valence-corrected chi connectivity index (χ3v) is 4.05. The van der Waals surface area contributed by atoms with Gasteiger partial charge in [-0.25, -0.2) is 14.6 Å². The van der Waals surface area contributed by atoms with E-state index in [0.29, 0.717) is 0 Å². The smallest absolute Gasteiger partial charge is 0.414 e. The first-order valence-electron chi connectivity index (χ1n) is 8.55. The Hall–Kier alpha value is -2.09. The number of nitrogens with one attached hydrogen (secondary N) is 2. The Bertz CT molecular complexity index is 687. The lowest BCUT2D eigenvalue weighted by atomic mass is 10.1. The van der Waals surface area contributed by atoms with Crippen LogP contribution in [0.5, 0.6) is 0 Å². The van der Waals surface area contributed by atoms with Gasteiger partial charge in [-0.3, -0.25) is 10.6 Å². The van der Waals surface area contributed by atoms with Crippen molar-refractivity contribution in [3.63, 3.8) is 0 Å². The Labute approximate surface area is 169 Å². The number of hydrogen-bond acceptors (Lipinski definition) is 5. The molecule has 0 radical (unpaired) electrons. The van der Waals surface area contributed by atoms with E-state index in [0.717, 1.165) is 15.6 Å². The number of ether oxygens (including phenoxy) is 2. The predicted octanol–water partition coefficient (Wildman–Crippen LogP) is 4.66. The number of aryl methyl sites for hydroxylation is 1. The van der Waals surface area contributed by atoms with Crippen molar-refractivity contribution in [3.05, 3.63) is 33.8 Å². The van der Waals surface area contributed by atoms with Gasteiger partial charge in [-0.1, -0.05) is 34.1 Å². The zero-order chi connectivity index (χ0) is 20.8. The minimum absolute atomic E-state index is 0.0492. The van der Waals surface area contributed by atoms with Gasteiger partial charge in [0.15, 0.2) is 0 Å². The summed E-state index contributed by atoms with van der Waals surface area (Å²) >= 11 is 3.52. The van der Waals surface area contributed by atoms with Crippen LogP contribution in [0.2, 0.25) is 0 Å². The number of aliphatic imine (C=N–C) groups is 1. The van der Waals surface area contributed by atoms with E-state index in [2.05, 4.69) is 31.6 Å². The molecule has 0 aliphatic rings. The van der Waals surface area contributed by atoms with E-state index >= 15 is 0 Å². The van der Waals surface area contributed by atoms with Crippen molar-refractivity contribution in [1.29, 1.82) is 0 Å². The van der Waals surface area contributed by atoms with E-state index in [-0.39, 0.29) is 12.5 Å². The van der Waals surface area contributed by atoms with E-state index in [1.165, 1.54) is 0 Å². The summed E-state index contributed by atoms with van der Waals surface area (Å²) in [5.41, 5.74) is 0.607. The Morgan fingerprint density at radius 1 is 1.00 bits per heavy atom. The summed E-state index contributed by atoms with van der Waals surface area (Å²) in [5, 5.41) is 4.91. The number of guanidine groups is 1. The second-order valence-corrected chi connectivity index (χ2v) is 8.76. The summed E-state index contributed by atoms with van der Waals surface area (Å²) in [5.74, 6) is -0.0492. The van der Waals surface area contributed by atoms with E-state index in [1.807, 2.05) is 25.1 Å². The van der Waals surface area contributed by atoms with Gasteiger partial charge in [0.05, 0.1) is 6.54 Å². The monoisotopic (exact) mass is 441 g/mol. The topological polar surface area (TPSA) is 89.0 Å². The molecule has 150 valence electrons. The molecule has 0 aromatic heterocycles. The minimum atomic E-state index is -0.722. The number of hydrogen-bond donors (Lipinski definition) is 2. The molecule has 8 heteroatoms. The van der Waals surface area contributed by atoms with Gasteiger partial charge in [0, 0.05) is 4.47 Å². The van der Waals surface area contributed by atoms with Crippen LogP contribution < -0.4 is 10.6 Å². The SMILES string of the molecule is Cc1cccc(CN=C(NC(=O)OC(C)(C)C)NC(=O)OC(C)(C)C)c1Br. The molecule has 1 aromatic rings. The highest BCUT2D eigenvalue weighted by molar-refractivity contribution is 9.10. The second-order valence-electron chi connectivity index (χ2n) is 7.97. The van der Waals surface area contributed by atoms with Crippen LogP contribution in [0.25, 0.3) is 0 Å². The van der Waals surface area contributed by atoms with Gasteiger partial charge in [0.25, 0.3) is 0 Å². The molecule has 2 amide bonds. The van der Waals surface area contributed by atoms with Crippen molar-refractivity contribution in [1.82, 2.24) is 10.6 Å². The number of amides is 2. The van der Waals surface area contributed by atoms with E-state index in [9.17, 15) is 9.59 Å². The molecular formula is C19H28BrN3O4. The minimum Gasteiger partial charge on any atom is -0.444 e. The summed E-state index contributed by atoms with van der Waals surface area (Å²) < 4.78 is 11.3. The molecule has 0 aliphatic heterocycles. The zero-order valence-corrected chi connectivity index (χ0v) is 18.5. The van der Waals surface area contributed by atoms with Crippen molar-refractivity contribution in [2.24, 2.45) is 4.99 Å². The maximum atomic E-state index is 12.1. The van der Waals surface area contributed by atoms with Gasteiger partial charge in [-0.2, -0.15) is 0 Å². The first kappa shape index (κ1) is 23.0. The summed E-state index contributed by atoms with van der Waals surface area (Å²) in [6, 6.07) is 5.78. The molecule has 1 aromatic carbocycles. The van der Waals surface area contributed by atoms with Crippen molar-refractivity contribution in [2.75, 3.05) is 0 Å². The van der Waals surface area contributed by atoms with E-state index < -0.39 is 23.4 Å². The molecule has 0 bridgehead atoms. The van der Waals surface area contributed by atoms with Crippen LogP contribution in [-0.4, -0.2) is 29.3 Å². The lowest BCUT2D eigenvalue weighted by Crippen LogP contribution is -2.47. The average molecular weight is 442 g/mol. The van der Waals surface area contributed by atoms with Crippen LogP contribution in [-0.2, 0) is 16.0 Å². The number of halogens is 1. The third kappa shape index (κ3) is 9.42. The fourth-order valence-corrected chi connectivity index (χ4v) is 2.30. The Kier molecular flexibility index (Phi) is 7.83. The average Bonchev–Trinajstić information content (AvgIpc) is 2.44. The predicted molar refractivity (Wildman–Crippen MR) is 109 cm³/mol. The normalized spacial score (nSPS) is 11.4. The van der Waals surface area contributed by atoms with Crippen molar-refractivity contribution in [2.45, 2.75) is 66.2 Å². The molecule has 1 rings (SSSR count).